The lowest BCUT2D eigenvalue weighted by Crippen LogP contribution is -2.26. The summed E-state index contributed by atoms with van der Waals surface area (Å²) in [5.74, 6) is -1.29. The minimum atomic E-state index is -3.85. The van der Waals surface area contributed by atoms with Crippen molar-refractivity contribution in [1.29, 1.82) is 0 Å². The minimum absolute atomic E-state index is 0.0987. The van der Waals surface area contributed by atoms with E-state index in [1.807, 2.05) is 0 Å². The standard InChI is InChI=1S/C9H11FN2O4S/c1-16-9(13)2-3-12-17(14,15)8-4-7(10)5-11-6-8/h4-6,12H,2-3H2,1H3. The van der Waals surface area contributed by atoms with Crippen molar-refractivity contribution in [3.05, 3.63) is 24.3 Å². The molecule has 0 radical (unpaired) electrons. The fourth-order valence-electron chi connectivity index (χ4n) is 1.01. The maximum atomic E-state index is 12.8. The van der Waals surface area contributed by atoms with Gasteiger partial charge in [0.15, 0.2) is 0 Å². The quantitative estimate of drug-likeness (QED) is 0.758. The van der Waals surface area contributed by atoms with Crippen molar-refractivity contribution in [1.82, 2.24) is 9.71 Å². The van der Waals surface area contributed by atoms with Gasteiger partial charge in [-0.15, -0.1) is 0 Å². The van der Waals surface area contributed by atoms with Crippen molar-refractivity contribution in [2.45, 2.75) is 11.3 Å². The predicted molar refractivity (Wildman–Crippen MR) is 56.0 cm³/mol. The summed E-state index contributed by atoms with van der Waals surface area (Å²) in [6.45, 7) is -0.120. The zero-order valence-corrected chi connectivity index (χ0v) is 9.83. The Kier molecular flexibility index (Phi) is 4.53. The van der Waals surface area contributed by atoms with Gasteiger partial charge in [0.2, 0.25) is 10.0 Å². The Morgan fingerprint density at radius 3 is 2.82 bits per heavy atom. The monoisotopic (exact) mass is 262 g/mol. The molecule has 1 aromatic rings. The smallest absolute Gasteiger partial charge is 0.306 e. The summed E-state index contributed by atoms with van der Waals surface area (Å²) in [5, 5.41) is 0. The van der Waals surface area contributed by atoms with Crippen molar-refractivity contribution in [2.24, 2.45) is 0 Å². The molecule has 0 saturated heterocycles. The number of nitrogens with zero attached hydrogens (tertiary/aromatic N) is 1. The van der Waals surface area contributed by atoms with Crippen LogP contribution in [-0.4, -0.2) is 33.0 Å². The highest BCUT2D eigenvalue weighted by molar-refractivity contribution is 7.89. The summed E-state index contributed by atoms with van der Waals surface area (Å²) in [4.78, 5) is 13.9. The summed E-state index contributed by atoms with van der Waals surface area (Å²) in [6.07, 6.45) is 1.81. The minimum Gasteiger partial charge on any atom is -0.469 e. The number of ether oxygens (including phenoxy) is 1. The van der Waals surface area contributed by atoms with Gasteiger partial charge < -0.3 is 4.74 Å². The van der Waals surface area contributed by atoms with Gasteiger partial charge in [0.1, 0.15) is 10.7 Å². The molecule has 0 atom stereocenters. The van der Waals surface area contributed by atoms with Crippen molar-refractivity contribution in [3.63, 3.8) is 0 Å². The van der Waals surface area contributed by atoms with Crippen LogP contribution in [0.4, 0.5) is 4.39 Å². The molecule has 1 heterocycles. The first kappa shape index (κ1) is 13.5. The molecular formula is C9H11FN2O4S. The van der Waals surface area contributed by atoms with Crippen molar-refractivity contribution >= 4 is 16.0 Å². The number of methoxy groups -OCH3 is 1. The Balaban J connectivity index is 2.66. The highest BCUT2D eigenvalue weighted by Gasteiger charge is 2.15. The summed E-state index contributed by atoms with van der Waals surface area (Å²) >= 11 is 0. The van der Waals surface area contributed by atoms with Crippen molar-refractivity contribution in [2.75, 3.05) is 13.7 Å². The van der Waals surface area contributed by atoms with Crippen LogP contribution in [0.3, 0.4) is 0 Å². The summed E-state index contributed by atoms with van der Waals surface area (Å²) in [5.41, 5.74) is 0. The molecule has 0 amide bonds. The Hall–Kier alpha value is -1.54. The number of nitrogens with one attached hydrogen (secondary N) is 1. The second-order valence-electron chi connectivity index (χ2n) is 3.06. The molecule has 17 heavy (non-hydrogen) atoms. The Labute approximate surface area is 97.9 Å². The van der Waals surface area contributed by atoms with Crippen LogP contribution < -0.4 is 4.72 Å². The van der Waals surface area contributed by atoms with Gasteiger partial charge in [-0.05, 0) is 6.07 Å². The number of hydrogen-bond acceptors (Lipinski definition) is 5. The first-order valence-corrected chi connectivity index (χ1v) is 6.11. The lowest BCUT2D eigenvalue weighted by Gasteiger charge is -2.05. The molecule has 0 aliphatic rings. The van der Waals surface area contributed by atoms with Gasteiger partial charge in [0.25, 0.3) is 0 Å². The number of carbonyl (C=O) groups excluding carboxylic acids is 1. The molecule has 0 unspecified atom stereocenters. The fourth-order valence-corrected chi connectivity index (χ4v) is 2.02. The van der Waals surface area contributed by atoms with E-state index in [0.29, 0.717) is 0 Å². The normalized spacial score (nSPS) is 11.2. The lowest BCUT2D eigenvalue weighted by atomic mass is 10.4. The Bertz CT molecular complexity index is 503. The van der Waals surface area contributed by atoms with E-state index in [9.17, 15) is 17.6 Å². The first-order valence-electron chi connectivity index (χ1n) is 4.63. The van der Waals surface area contributed by atoms with Gasteiger partial charge in [-0.3, -0.25) is 9.78 Å². The number of esters is 1. The van der Waals surface area contributed by atoms with Gasteiger partial charge in [-0.1, -0.05) is 0 Å². The molecule has 0 bridgehead atoms. The highest BCUT2D eigenvalue weighted by Crippen LogP contribution is 2.08. The molecule has 0 aliphatic carbocycles. The van der Waals surface area contributed by atoms with Crippen LogP contribution in [0.25, 0.3) is 0 Å². The molecule has 8 heteroatoms. The molecule has 94 valence electrons. The molecule has 0 fully saturated rings. The summed E-state index contributed by atoms with van der Waals surface area (Å²) < 4.78 is 42.4. The zero-order chi connectivity index (χ0) is 12.9. The lowest BCUT2D eigenvalue weighted by molar-refractivity contribution is -0.140. The Morgan fingerprint density at radius 1 is 1.53 bits per heavy atom. The van der Waals surface area contributed by atoms with Crippen LogP contribution in [0, 0.1) is 5.82 Å². The number of aromatic nitrogens is 1. The molecule has 1 aromatic heterocycles. The average Bonchev–Trinajstić information content (AvgIpc) is 2.28. The molecule has 0 aromatic carbocycles. The van der Waals surface area contributed by atoms with E-state index in [1.54, 1.807) is 0 Å². The average molecular weight is 262 g/mol. The maximum absolute atomic E-state index is 12.8. The number of halogens is 1. The molecule has 1 N–H and O–H groups in total. The number of rotatable bonds is 5. The number of pyridine rings is 1. The van der Waals surface area contributed by atoms with Crippen LogP contribution in [0.2, 0.25) is 0 Å². The first-order chi connectivity index (χ1) is 7.95. The van der Waals surface area contributed by atoms with Gasteiger partial charge in [-0.25, -0.2) is 17.5 Å². The van der Waals surface area contributed by atoms with Gasteiger partial charge >= 0.3 is 5.97 Å². The second-order valence-corrected chi connectivity index (χ2v) is 4.83. The summed E-state index contributed by atoms with van der Waals surface area (Å²) in [6, 6.07) is 0.841. The predicted octanol–water partition coefficient (Wildman–Crippen LogP) is 0.0621. The topological polar surface area (TPSA) is 85.4 Å². The second kappa shape index (κ2) is 5.69. The number of sulfonamides is 1. The largest absolute Gasteiger partial charge is 0.469 e. The SMILES string of the molecule is COC(=O)CCNS(=O)(=O)c1cncc(F)c1. The number of carbonyl (C=O) groups is 1. The van der Waals surface area contributed by atoms with E-state index in [-0.39, 0.29) is 17.9 Å². The molecule has 6 nitrogen and oxygen atoms in total. The molecule has 0 aliphatic heterocycles. The molecular weight excluding hydrogens is 251 g/mol. The van der Waals surface area contributed by atoms with E-state index in [4.69, 9.17) is 0 Å². The van der Waals surface area contributed by atoms with Crippen molar-refractivity contribution in [3.8, 4) is 0 Å². The van der Waals surface area contributed by atoms with E-state index in [2.05, 4.69) is 14.4 Å². The van der Waals surface area contributed by atoms with E-state index in [1.165, 1.54) is 7.11 Å². The highest BCUT2D eigenvalue weighted by atomic mass is 32.2. The van der Waals surface area contributed by atoms with Crippen LogP contribution in [0.1, 0.15) is 6.42 Å². The van der Waals surface area contributed by atoms with Crippen LogP contribution in [-0.2, 0) is 19.6 Å². The van der Waals surface area contributed by atoms with E-state index >= 15 is 0 Å². The van der Waals surface area contributed by atoms with Crippen LogP contribution in [0.5, 0.6) is 0 Å². The van der Waals surface area contributed by atoms with Gasteiger partial charge in [0.05, 0.1) is 19.7 Å². The third-order valence-electron chi connectivity index (χ3n) is 1.84. The fraction of sp³-hybridized carbons (Fsp3) is 0.333. The van der Waals surface area contributed by atoms with Crippen LogP contribution >= 0.6 is 0 Å². The maximum Gasteiger partial charge on any atom is 0.306 e. The van der Waals surface area contributed by atoms with E-state index in [0.717, 1.165) is 18.5 Å². The summed E-state index contributed by atoms with van der Waals surface area (Å²) in [7, 11) is -2.65. The van der Waals surface area contributed by atoms with Gasteiger partial charge in [-0.2, -0.15) is 0 Å². The molecule has 0 saturated carbocycles. The molecule has 0 spiro atoms. The van der Waals surface area contributed by atoms with Gasteiger partial charge in [0, 0.05) is 12.7 Å². The third-order valence-corrected chi connectivity index (χ3v) is 3.27. The van der Waals surface area contributed by atoms with Crippen LogP contribution in [0.15, 0.2) is 23.4 Å². The Morgan fingerprint density at radius 2 is 2.24 bits per heavy atom. The number of hydrogen-bond donors (Lipinski definition) is 1. The van der Waals surface area contributed by atoms with E-state index < -0.39 is 21.8 Å². The molecule has 1 rings (SSSR count). The zero-order valence-electron chi connectivity index (χ0n) is 9.01. The third kappa shape index (κ3) is 4.08. The van der Waals surface area contributed by atoms with Crippen molar-refractivity contribution < 1.29 is 22.3 Å².